The average molecular weight is 307 g/mol. The van der Waals surface area contributed by atoms with E-state index in [9.17, 15) is 9.90 Å². The number of nitrogens with zero attached hydrogens (tertiary/aromatic N) is 1. The van der Waals surface area contributed by atoms with Crippen molar-refractivity contribution in [2.75, 3.05) is 7.11 Å². The van der Waals surface area contributed by atoms with Gasteiger partial charge in [0.1, 0.15) is 11.5 Å². The summed E-state index contributed by atoms with van der Waals surface area (Å²) in [4.78, 5) is 16.9. The number of carbonyl (C=O) groups is 1. The number of methoxy groups -OCH3 is 1. The number of ether oxygens (including phenoxy) is 1. The van der Waals surface area contributed by atoms with Gasteiger partial charge in [-0.25, -0.2) is 0 Å². The van der Waals surface area contributed by atoms with Crippen molar-refractivity contribution in [3.63, 3.8) is 0 Å². The summed E-state index contributed by atoms with van der Waals surface area (Å²) < 4.78 is 5.04. The molecule has 0 aliphatic rings. The second-order valence-corrected chi connectivity index (χ2v) is 5.48. The molecule has 2 aromatic carbocycles. The minimum atomic E-state index is -0.150. The average Bonchev–Trinajstić information content (AvgIpc) is 2.54. The highest BCUT2D eigenvalue weighted by Gasteiger charge is 2.15. The van der Waals surface area contributed by atoms with E-state index in [0.717, 1.165) is 22.0 Å². The molecule has 0 aliphatic heterocycles. The minimum Gasteiger partial charge on any atom is -0.507 e. The van der Waals surface area contributed by atoms with Crippen LogP contribution in [0.1, 0.15) is 21.5 Å². The first-order chi connectivity index (χ1) is 11.1. The molecule has 1 aromatic heterocycles. The van der Waals surface area contributed by atoms with Gasteiger partial charge in [0.25, 0.3) is 0 Å². The molecule has 0 bridgehead atoms. The zero-order valence-electron chi connectivity index (χ0n) is 13.0. The molecule has 116 valence electrons. The van der Waals surface area contributed by atoms with Gasteiger partial charge in [-0.3, -0.25) is 9.78 Å². The van der Waals surface area contributed by atoms with Gasteiger partial charge in [0.2, 0.25) is 0 Å². The summed E-state index contributed by atoms with van der Waals surface area (Å²) in [6.45, 7) is 1.99. The van der Waals surface area contributed by atoms with E-state index in [2.05, 4.69) is 4.98 Å². The Morgan fingerprint density at radius 2 is 2.04 bits per heavy atom. The fraction of sp³-hybridized carbons (Fsp3) is 0.158. The third-order valence-electron chi connectivity index (χ3n) is 3.78. The van der Waals surface area contributed by atoms with E-state index < -0.39 is 0 Å². The molecule has 0 amide bonds. The van der Waals surface area contributed by atoms with Crippen LogP contribution in [0.4, 0.5) is 0 Å². The van der Waals surface area contributed by atoms with Crippen LogP contribution >= 0.6 is 0 Å². The number of phenolic OH excluding ortho intramolecular Hbond substituents is 1. The van der Waals surface area contributed by atoms with E-state index in [1.54, 1.807) is 18.3 Å². The Morgan fingerprint density at radius 3 is 2.78 bits per heavy atom. The van der Waals surface area contributed by atoms with Crippen LogP contribution in [0.2, 0.25) is 0 Å². The summed E-state index contributed by atoms with van der Waals surface area (Å²) in [7, 11) is 1.51. The van der Waals surface area contributed by atoms with Gasteiger partial charge in [-0.2, -0.15) is 0 Å². The number of hydrogen-bond donors (Lipinski definition) is 1. The Balaban J connectivity index is 1.97. The number of aromatic nitrogens is 1. The van der Waals surface area contributed by atoms with Crippen molar-refractivity contribution in [3.05, 3.63) is 65.4 Å². The Morgan fingerprint density at radius 1 is 1.22 bits per heavy atom. The van der Waals surface area contributed by atoms with Crippen LogP contribution in [0.15, 0.2) is 48.7 Å². The Hall–Kier alpha value is -2.88. The van der Waals surface area contributed by atoms with E-state index in [0.29, 0.717) is 5.75 Å². The zero-order valence-corrected chi connectivity index (χ0v) is 13.0. The van der Waals surface area contributed by atoms with E-state index >= 15 is 0 Å². The number of ketones is 1. The first-order valence-electron chi connectivity index (χ1n) is 7.33. The molecule has 0 saturated carbocycles. The number of benzene rings is 2. The Bertz CT molecular complexity index is 887. The molecule has 3 aromatic rings. The summed E-state index contributed by atoms with van der Waals surface area (Å²) in [6.07, 6.45) is 1.91. The van der Waals surface area contributed by atoms with E-state index in [1.807, 2.05) is 31.2 Å². The molecule has 0 fully saturated rings. The summed E-state index contributed by atoms with van der Waals surface area (Å²) in [5.41, 5.74) is 3.05. The predicted molar refractivity (Wildman–Crippen MR) is 89.2 cm³/mol. The highest BCUT2D eigenvalue weighted by Crippen LogP contribution is 2.26. The van der Waals surface area contributed by atoms with Crippen LogP contribution in [-0.4, -0.2) is 23.0 Å². The third-order valence-corrected chi connectivity index (χ3v) is 3.78. The lowest BCUT2D eigenvalue weighted by Crippen LogP contribution is -2.05. The molecule has 4 nitrogen and oxygen atoms in total. The highest BCUT2D eigenvalue weighted by molar-refractivity contribution is 6.01. The molecular formula is C19H17NO3. The van der Waals surface area contributed by atoms with Gasteiger partial charge < -0.3 is 9.84 Å². The van der Waals surface area contributed by atoms with Gasteiger partial charge in [-0.05, 0) is 36.8 Å². The molecule has 0 atom stereocenters. The van der Waals surface area contributed by atoms with Gasteiger partial charge in [0, 0.05) is 24.1 Å². The number of aromatic hydroxyl groups is 1. The monoisotopic (exact) mass is 307 g/mol. The first kappa shape index (κ1) is 15.0. The fourth-order valence-corrected chi connectivity index (χ4v) is 2.71. The molecule has 0 saturated heterocycles. The van der Waals surface area contributed by atoms with Gasteiger partial charge in [-0.1, -0.05) is 17.7 Å². The smallest absolute Gasteiger partial charge is 0.171 e. The maximum absolute atomic E-state index is 12.6. The quantitative estimate of drug-likeness (QED) is 0.747. The topological polar surface area (TPSA) is 59.4 Å². The summed E-state index contributed by atoms with van der Waals surface area (Å²) in [5, 5.41) is 11.0. The van der Waals surface area contributed by atoms with Crippen LogP contribution in [0.3, 0.4) is 0 Å². The number of phenols is 1. The molecule has 0 spiro atoms. The minimum absolute atomic E-state index is 0.0701. The van der Waals surface area contributed by atoms with Gasteiger partial charge in [-0.15, -0.1) is 0 Å². The lowest BCUT2D eigenvalue weighted by molar-refractivity contribution is 0.0990. The van der Waals surface area contributed by atoms with Gasteiger partial charge >= 0.3 is 0 Å². The van der Waals surface area contributed by atoms with Gasteiger partial charge in [0.15, 0.2) is 5.78 Å². The van der Waals surface area contributed by atoms with Crippen molar-refractivity contribution in [2.24, 2.45) is 0 Å². The molecule has 23 heavy (non-hydrogen) atoms. The molecule has 0 radical (unpaired) electrons. The zero-order chi connectivity index (χ0) is 16.4. The number of fused-ring (bicyclic) bond motifs is 1. The van der Waals surface area contributed by atoms with Crippen molar-refractivity contribution in [3.8, 4) is 11.5 Å². The van der Waals surface area contributed by atoms with E-state index in [4.69, 9.17) is 4.74 Å². The molecule has 0 aliphatic carbocycles. The normalized spacial score (nSPS) is 10.7. The van der Waals surface area contributed by atoms with Crippen molar-refractivity contribution in [2.45, 2.75) is 13.3 Å². The van der Waals surface area contributed by atoms with E-state index in [1.165, 1.54) is 13.2 Å². The first-order valence-corrected chi connectivity index (χ1v) is 7.33. The fourth-order valence-electron chi connectivity index (χ4n) is 2.71. The second-order valence-electron chi connectivity index (χ2n) is 5.48. The maximum Gasteiger partial charge on any atom is 0.171 e. The van der Waals surface area contributed by atoms with Crippen LogP contribution in [0.5, 0.6) is 11.5 Å². The molecule has 4 heteroatoms. The number of aryl methyl sites for hydroxylation is 1. The molecule has 0 unspecified atom stereocenters. The lowest BCUT2D eigenvalue weighted by Gasteiger charge is -2.09. The summed E-state index contributed by atoms with van der Waals surface area (Å²) in [5.74, 6) is 0.295. The van der Waals surface area contributed by atoms with Crippen molar-refractivity contribution in [1.29, 1.82) is 0 Å². The summed E-state index contributed by atoms with van der Waals surface area (Å²) >= 11 is 0. The van der Waals surface area contributed by atoms with Crippen LogP contribution in [0.25, 0.3) is 10.9 Å². The molecular weight excluding hydrogens is 290 g/mol. The number of Topliss-reactive ketones (excluding diaryl/α,β-unsaturated/α-hetero) is 1. The second kappa shape index (κ2) is 6.08. The largest absolute Gasteiger partial charge is 0.507 e. The standard InChI is InChI=1S/C19H17NO3/c1-12-8-13-4-3-7-20-19(13)14(9-12)10-17(21)16-6-5-15(23-2)11-18(16)22/h3-9,11,22H,10H2,1-2H3. The van der Waals surface area contributed by atoms with Crippen LogP contribution in [-0.2, 0) is 6.42 Å². The Labute approximate surface area is 134 Å². The maximum atomic E-state index is 12.6. The Kier molecular flexibility index (Phi) is 3.98. The number of rotatable bonds is 4. The van der Waals surface area contributed by atoms with Crippen molar-refractivity contribution >= 4 is 16.7 Å². The molecule has 3 rings (SSSR count). The highest BCUT2D eigenvalue weighted by atomic mass is 16.5. The van der Waals surface area contributed by atoms with Crippen molar-refractivity contribution < 1.29 is 14.6 Å². The van der Waals surface area contributed by atoms with E-state index in [-0.39, 0.29) is 23.5 Å². The SMILES string of the molecule is COc1ccc(C(=O)Cc2cc(C)cc3cccnc23)c(O)c1. The number of carbonyl (C=O) groups excluding carboxylic acids is 1. The molecule has 1 heterocycles. The predicted octanol–water partition coefficient (Wildman–Crippen LogP) is 3.68. The molecule has 1 N–H and O–H groups in total. The van der Waals surface area contributed by atoms with Crippen LogP contribution < -0.4 is 4.74 Å². The third kappa shape index (κ3) is 3.01. The van der Waals surface area contributed by atoms with Gasteiger partial charge in [0.05, 0.1) is 18.2 Å². The number of hydrogen-bond acceptors (Lipinski definition) is 4. The van der Waals surface area contributed by atoms with Crippen molar-refractivity contribution in [1.82, 2.24) is 4.98 Å². The lowest BCUT2D eigenvalue weighted by atomic mass is 9.98. The number of pyridine rings is 1. The summed E-state index contributed by atoms with van der Waals surface area (Å²) in [6, 6.07) is 12.6. The van der Waals surface area contributed by atoms with Crippen LogP contribution in [0, 0.1) is 6.92 Å².